The number of halogens is 1. The molecule has 0 bridgehead atoms. The van der Waals surface area contributed by atoms with Gasteiger partial charge in [-0.15, -0.1) is 0 Å². The molecule has 1 fully saturated rings. The third-order valence-corrected chi connectivity index (χ3v) is 4.28. The van der Waals surface area contributed by atoms with Crippen molar-refractivity contribution in [3.05, 3.63) is 29.6 Å². The van der Waals surface area contributed by atoms with E-state index in [0.29, 0.717) is 30.2 Å². The molecule has 1 aliphatic rings. The van der Waals surface area contributed by atoms with Crippen molar-refractivity contribution in [2.24, 2.45) is 5.73 Å². The Morgan fingerprint density at radius 2 is 2.06 bits per heavy atom. The molecule has 0 radical (unpaired) electrons. The molecule has 1 aliphatic heterocycles. The molecule has 1 unspecified atom stereocenters. The zero-order chi connectivity index (χ0) is 12.4. The van der Waals surface area contributed by atoms with E-state index in [1.54, 1.807) is 13.0 Å². The first-order chi connectivity index (χ1) is 8.09. The lowest BCUT2D eigenvalue weighted by atomic mass is 10.0. The van der Waals surface area contributed by atoms with Crippen LogP contribution in [0.5, 0.6) is 0 Å². The van der Waals surface area contributed by atoms with Crippen LogP contribution in [0.1, 0.15) is 18.5 Å². The van der Waals surface area contributed by atoms with Crippen LogP contribution in [-0.2, 0) is 10.8 Å². The second kappa shape index (κ2) is 5.14. The third kappa shape index (κ3) is 2.66. The van der Waals surface area contributed by atoms with E-state index in [4.69, 9.17) is 5.73 Å². The summed E-state index contributed by atoms with van der Waals surface area (Å²) in [5.41, 5.74) is 7.22. The van der Waals surface area contributed by atoms with E-state index in [-0.39, 0.29) is 11.9 Å². The van der Waals surface area contributed by atoms with Crippen LogP contribution in [0, 0.1) is 5.82 Å². The van der Waals surface area contributed by atoms with Gasteiger partial charge in [0.2, 0.25) is 0 Å². The van der Waals surface area contributed by atoms with Gasteiger partial charge in [0.25, 0.3) is 0 Å². The highest BCUT2D eigenvalue weighted by Gasteiger charge is 2.21. The van der Waals surface area contributed by atoms with Crippen molar-refractivity contribution in [2.45, 2.75) is 13.0 Å². The number of nitrogens with zero attached hydrogens (tertiary/aromatic N) is 1. The average molecular weight is 256 g/mol. The molecule has 0 aliphatic carbocycles. The molecular weight excluding hydrogens is 239 g/mol. The molecular formula is C12H17FN2OS. The van der Waals surface area contributed by atoms with Crippen molar-refractivity contribution in [1.82, 2.24) is 0 Å². The quantitative estimate of drug-likeness (QED) is 0.870. The largest absolute Gasteiger partial charge is 0.369 e. The Labute approximate surface area is 103 Å². The van der Waals surface area contributed by atoms with Crippen LogP contribution in [0.2, 0.25) is 0 Å². The van der Waals surface area contributed by atoms with Crippen LogP contribution in [0.15, 0.2) is 18.2 Å². The standard InChI is InChI=1S/C12H17FN2OS/c1-9(14)12-10(13)3-2-4-11(12)15-5-7-17(16)8-6-15/h2-4,9H,5-8,14H2,1H3. The number of nitrogens with two attached hydrogens (primary N) is 1. The van der Waals surface area contributed by atoms with Crippen LogP contribution in [0.25, 0.3) is 0 Å². The molecule has 5 heteroatoms. The molecule has 1 aromatic carbocycles. The summed E-state index contributed by atoms with van der Waals surface area (Å²) >= 11 is 0. The van der Waals surface area contributed by atoms with Crippen molar-refractivity contribution in [3.63, 3.8) is 0 Å². The first-order valence-electron chi connectivity index (χ1n) is 5.73. The molecule has 0 spiro atoms. The number of anilines is 1. The van der Waals surface area contributed by atoms with Crippen LogP contribution in [-0.4, -0.2) is 28.8 Å². The van der Waals surface area contributed by atoms with Gasteiger partial charge in [-0.2, -0.15) is 0 Å². The molecule has 1 heterocycles. The molecule has 1 saturated heterocycles. The smallest absolute Gasteiger partial charge is 0.130 e. The third-order valence-electron chi connectivity index (χ3n) is 3.00. The van der Waals surface area contributed by atoms with Gasteiger partial charge in [-0.05, 0) is 19.1 Å². The van der Waals surface area contributed by atoms with Gasteiger partial charge < -0.3 is 10.6 Å². The van der Waals surface area contributed by atoms with Gasteiger partial charge >= 0.3 is 0 Å². The molecule has 17 heavy (non-hydrogen) atoms. The predicted octanol–water partition coefficient (Wildman–Crippen LogP) is 1.41. The molecule has 3 nitrogen and oxygen atoms in total. The van der Waals surface area contributed by atoms with E-state index in [1.807, 2.05) is 6.07 Å². The van der Waals surface area contributed by atoms with Gasteiger partial charge in [0.05, 0.1) is 0 Å². The maximum absolute atomic E-state index is 13.8. The van der Waals surface area contributed by atoms with Gasteiger partial charge in [-0.3, -0.25) is 4.21 Å². The van der Waals surface area contributed by atoms with E-state index in [9.17, 15) is 8.60 Å². The van der Waals surface area contributed by atoms with E-state index in [1.165, 1.54) is 6.07 Å². The second-order valence-electron chi connectivity index (χ2n) is 4.30. The fraction of sp³-hybridized carbons (Fsp3) is 0.500. The fourth-order valence-electron chi connectivity index (χ4n) is 2.13. The lowest BCUT2D eigenvalue weighted by Crippen LogP contribution is -2.38. The fourth-order valence-corrected chi connectivity index (χ4v) is 3.18. The molecule has 1 atom stereocenters. The van der Waals surface area contributed by atoms with Gasteiger partial charge in [-0.1, -0.05) is 6.07 Å². The molecule has 0 saturated carbocycles. The summed E-state index contributed by atoms with van der Waals surface area (Å²) in [5.74, 6) is 1.04. The maximum Gasteiger partial charge on any atom is 0.130 e. The van der Waals surface area contributed by atoms with Crippen LogP contribution < -0.4 is 10.6 Å². The molecule has 2 rings (SSSR count). The van der Waals surface area contributed by atoms with Crippen molar-refractivity contribution in [1.29, 1.82) is 0 Å². The van der Waals surface area contributed by atoms with Crippen molar-refractivity contribution in [3.8, 4) is 0 Å². The van der Waals surface area contributed by atoms with E-state index >= 15 is 0 Å². The summed E-state index contributed by atoms with van der Waals surface area (Å²) in [6.45, 7) is 3.19. The van der Waals surface area contributed by atoms with Crippen molar-refractivity contribution >= 4 is 16.5 Å². The summed E-state index contributed by atoms with van der Waals surface area (Å²) in [6, 6.07) is 4.68. The Hall–Kier alpha value is -0.940. The zero-order valence-electron chi connectivity index (χ0n) is 9.86. The first-order valence-corrected chi connectivity index (χ1v) is 7.22. The highest BCUT2D eigenvalue weighted by Crippen LogP contribution is 2.28. The summed E-state index contributed by atoms with van der Waals surface area (Å²) in [4.78, 5) is 2.07. The Kier molecular flexibility index (Phi) is 3.79. The molecule has 0 aromatic heterocycles. The first kappa shape index (κ1) is 12.5. The predicted molar refractivity (Wildman–Crippen MR) is 69.1 cm³/mol. The summed E-state index contributed by atoms with van der Waals surface area (Å²) in [5, 5.41) is 0. The summed E-state index contributed by atoms with van der Waals surface area (Å²) in [7, 11) is -0.724. The minimum Gasteiger partial charge on any atom is -0.369 e. The van der Waals surface area contributed by atoms with Gasteiger partial charge in [-0.25, -0.2) is 4.39 Å². The second-order valence-corrected chi connectivity index (χ2v) is 5.99. The van der Waals surface area contributed by atoms with E-state index in [0.717, 1.165) is 5.69 Å². The Morgan fingerprint density at radius 1 is 1.41 bits per heavy atom. The van der Waals surface area contributed by atoms with Crippen LogP contribution in [0.3, 0.4) is 0 Å². The van der Waals surface area contributed by atoms with Crippen molar-refractivity contribution < 1.29 is 8.60 Å². The van der Waals surface area contributed by atoms with Gasteiger partial charge in [0.1, 0.15) is 5.82 Å². The monoisotopic (exact) mass is 256 g/mol. The number of benzene rings is 1. The highest BCUT2D eigenvalue weighted by atomic mass is 32.2. The van der Waals surface area contributed by atoms with Gasteiger partial charge in [0, 0.05) is 52.7 Å². The Morgan fingerprint density at radius 3 is 2.65 bits per heavy atom. The Balaban J connectivity index is 2.31. The Bertz CT molecular complexity index is 427. The number of hydrogen-bond acceptors (Lipinski definition) is 3. The van der Waals surface area contributed by atoms with Gasteiger partial charge in [0.15, 0.2) is 0 Å². The molecule has 2 N–H and O–H groups in total. The molecule has 0 amide bonds. The molecule has 94 valence electrons. The van der Waals surface area contributed by atoms with E-state index in [2.05, 4.69) is 4.90 Å². The minimum atomic E-state index is -0.724. The van der Waals surface area contributed by atoms with Crippen LogP contribution >= 0.6 is 0 Å². The average Bonchev–Trinajstić information content (AvgIpc) is 2.29. The maximum atomic E-state index is 13.8. The summed E-state index contributed by atoms with van der Waals surface area (Å²) in [6.07, 6.45) is 0. The SMILES string of the molecule is CC(N)c1c(F)cccc1N1CCS(=O)CC1. The number of hydrogen-bond donors (Lipinski definition) is 1. The van der Waals surface area contributed by atoms with Crippen molar-refractivity contribution in [2.75, 3.05) is 29.5 Å². The highest BCUT2D eigenvalue weighted by molar-refractivity contribution is 7.85. The normalized spacial score (nSPS) is 19.4. The lowest BCUT2D eigenvalue weighted by Gasteiger charge is -2.31. The molecule has 1 aromatic rings. The lowest BCUT2D eigenvalue weighted by molar-refractivity contribution is 0.591. The topological polar surface area (TPSA) is 46.3 Å². The van der Waals surface area contributed by atoms with E-state index < -0.39 is 10.8 Å². The number of rotatable bonds is 2. The summed E-state index contributed by atoms with van der Waals surface area (Å²) < 4.78 is 25.1. The zero-order valence-corrected chi connectivity index (χ0v) is 10.7. The van der Waals surface area contributed by atoms with Crippen LogP contribution in [0.4, 0.5) is 10.1 Å². The minimum absolute atomic E-state index is 0.260.